The normalized spacial score (nSPS) is 14.8. The first kappa shape index (κ1) is 27.3. The van der Waals surface area contributed by atoms with E-state index in [1.54, 1.807) is 6.07 Å². The van der Waals surface area contributed by atoms with Crippen LogP contribution in [0.3, 0.4) is 0 Å². The van der Waals surface area contributed by atoms with Crippen LogP contribution in [0.15, 0.2) is 66.7 Å². The molecule has 2 heterocycles. The van der Waals surface area contributed by atoms with E-state index >= 15 is 0 Å². The number of benzene rings is 3. The number of halogens is 4. The number of imidazole rings is 1. The fourth-order valence-electron chi connectivity index (χ4n) is 4.37. The minimum atomic E-state index is -5.08. The van der Waals surface area contributed by atoms with Crippen molar-refractivity contribution in [1.82, 2.24) is 14.9 Å². The topological polar surface area (TPSA) is 89.4 Å². The minimum Gasteiger partial charge on any atom is -0.475 e. The number of alkyl halides is 3. The number of aromatic nitrogens is 2. The number of hydrogen-bond donors (Lipinski definition) is 3. The van der Waals surface area contributed by atoms with E-state index in [4.69, 9.17) is 9.90 Å². The lowest BCUT2D eigenvalue weighted by molar-refractivity contribution is -0.192. The number of nitrogens with zero attached hydrogens (tertiary/aromatic N) is 2. The van der Waals surface area contributed by atoms with Crippen molar-refractivity contribution in [1.29, 1.82) is 0 Å². The van der Waals surface area contributed by atoms with Gasteiger partial charge in [-0.05, 0) is 72.8 Å². The van der Waals surface area contributed by atoms with Gasteiger partial charge in [0.15, 0.2) is 0 Å². The first-order chi connectivity index (χ1) is 18.1. The van der Waals surface area contributed by atoms with Crippen LogP contribution in [0.2, 0.25) is 0 Å². The van der Waals surface area contributed by atoms with Gasteiger partial charge >= 0.3 is 12.1 Å². The van der Waals surface area contributed by atoms with Crippen LogP contribution >= 0.6 is 0 Å². The second-order valence-electron chi connectivity index (χ2n) is 9.23. The highest BCUT2D eigenvalue weighted by atomic mass is 19.4. The van der Waals surface area contributed by atoms with Gasteiger partial charge in [0.05, 0.1) is 11.0 Å². The zero-order valence-corrected chi connectivity index (χ0v) is 20.4. The van der Waals surface area contributed by atoms with Crippen LogP contribution in [0.25, 0.3) is 33.5 Å². The molecule has 3 aromatic carbocycles. The highest BCUT2D eigenvalue weighted by Crippen LogP contribution is 2.27. The van der Waals surface area contributed by atoms with Gasteiger partial charge in [0, 0.05) is 18.7 Å². The summed E-state index contributed by atoms with van der Waals surface area (Å²) in [6.07, 6.45) is -2.93. The molecule has 4 aromatic rings. The number of likely N-dealkylation sites (tertiary alicyclic amines) is 1. The van der Waals surface area contributed by atoms with Crippen LogP contribution in [0.5, 0.6) is 0 Å². The molecule has 0 amide bonds. The number of carbonyl (C=O) groups is 1. The van der Waals surface area contributed by atoms with Crippen LogP contribution < -0.4 is 0 Å². The summed E-state index contributed by atoms with van der Waals surface area (Å²) in [5, 5.41) is 16.5. The van der Waals surface area contributed by atoms with Gasteiger partial charge in [-0.1, -0.05) is 42.5 Å². The Morgan fingerprint density at radius 3 is 2.26 bits per heavy atom. The summed E-state index contributed by atoms with van der Waals surface area (Å²) in [6, 6.07) is 21.6. The highest BCUT2D eigenvalue weighted by Gasteiger charge is 2.38. The number of aliphatic hydroxyl groups is 1. The molecule has 38 heavy (non-hydrogen) atoms. The molecular weight excluding hydrogens is 502 g/mol. The summed E-state index contributed by atoms with van der Waals surface area (Å²) in [4.78, 5) is 19.1. The predicted molar refractivity (Wildman–Crippen MR) is 136 cm³/mol. The lowest BCUT2D eigenvalue weighted by Crippen LogP contribution is -2.34. The fourth-order valence-corrected chi connectivity index (χ4v) is 4.37. The summed E-state index contributed by atoms with van der Waals surface area (Å²) in [5.74, 6) is -1.82. The van der Waals surface area contributed by atoms with E-state index in [0.29, 0.717) is 18.0 Å². The molecule has 1 fully saturated rings. The van der Waals surface area contributed by atoms with Gasteiger partial charge in [0.25, 0.3) is 0 Å². The largest absolute Gasteiger partial charge is 0.490 e. The van der Waals surface area contributed by atoms with Gasteiger partial charge in [-0.25, -0.2) is 14.2 Å². The van der Waals surface area contributed by atoms with Crippen molar-refractivity contribution in [2.24, 2.45) is 5.92 Å². The molecule has 0 unspecified atom stereocenters. The highest BCUT2D eigenvalue weighted by molar-refractivity contribution is 5.80. The quantitative estimate of drug-likeness (QED) is 0.281. The number of carboxylic acid groups (broad SMARTS) is 1. The molecule has 0 radical (unpaired) electrons. The number of piperidine rings is 1. The molecular formula is C28H27F4N3O3. The van der Waals surface area contributed by atoms with Gasteiger partial charge in [-0.2, -0.15) is 13.2 Å². The Morgan fingerprint density at radius 1 is 0.974 bits per heavy atom. The maximum absolute atomic E-state index is 13.4. The van der Waals surface area contributed by atoms with Gasteiger partial charge < -0.3 is 15.2 Å². The molecule has 0 spiro atoms. The number of H-pyrrole nitrogens is 1. The molecule has 5 rings (SSSR count). The Morgan fingerprint density at radius 2 is 1.63 bits per heavy atom. The van der Waals surface area contributed by atoms with Gasteiger partial charge in [-0.3, -0.25) is 4.90 Å². The zero-order valence-electron chi connectivity index (χ0n) is 20.4. The average Bonchev–Trinajstić information content (AvgIpc) is 3.32. The molecule has 10 heteroatoms. The lowest BCUT2D eigenvalue weighted by atomic mass is 9.97. The van der Waals surface area contributed by atoms with Crippen LogP contribution in [-0.2, 0) is 11.3 Å². The van der Waals surface area contributed by atoms with Crippen molar-refractivity contribution < 1.29 is 32.6 Å². The third-order valence-electron chi connectivity index (χ3n) is 6.48. The zero-order chi connectivity index (χ0) is 27.3. The standard InChI is InChI=1S/C26H26FN3O.C2HF3O2/c27-23-8-9-24-25(15-23)29-26(28-24)21-6-4-20(5-7-21)22-3-1-2-19(14-22)16-30-12-10-18(17-31)11-13-30;3-2(4,5)1(6)7/h1-9,14-15,18,31H,10-13,16-17H2,(H,28,29);(H,6,7). The third-order valence-corrected chi connectivity index (χ3v) is 6.48. The smallest absolute Gasteiger partial charge is 0.475 e. The molecule has 1 aliphatic rings. The average molecular weight is 530 g/mol. The molecule has 6 nitrogen and oxygen atoms in total. The molecule has 0 atom stereocenters. The number of carboxylic acids is 1. The van der Waals surface area contributed by atoms with E-state index in [1.807, 2.05) is 0 Å². The van der Waals surface area contributed by atoms with E-state index in [0.717, 1.165) is 54.9 Å². The Hall–Kier alpha value is -3.76. The number of hydrogen-bond acceptors (Lipinski definition) is 4. The molecule has 0 aliphatic carbocycles. The van der Waals surface area contributed by atoms with Crippen molar-refractivity contribution in [2.75, 3.05) is 19.7 Å². The predicted octanol–water partition coefficient (Wildman–Crippen LogP) is 5.87. The van der Waals surface area contributed by atoms with Gasteiger partial charge in [0.1, 0.15) is 11.6 Å². The molecule has 200 valence electrons. The number of aliphatic hydroxyl groups excluding tert-OH is 1. The van der Waals surface area contributed by atoms with Crippen molar-refractivity contribution in [3.8, 4) is 22.5 Å². The van der Waals surface area contributed by atoms with Crippen molar-refractivity contribution in [3.63, 3.8) is 0 Å². The Labute approximate surface area is 216 Å². The van der Waals surface area contributed by atoms with Crippen LogP contribution in [0.1, 0.15) is 18.4 Å². The van der Waals surface area contributed by atoms with Crippen LogP contribution in [-0.4, -0.2) is 56.9 Å². The summed E-state index contributed by atoms with van der Waals surface area (Å²) in [6.45, 7) is 3.35. The molecule has 1 aliphatic heterocycles. The fraction of sp³-hybridized carbons (Fsp3) is 0.286. The first-order valence-electron chi connectivity index (χ1n) is 12.1. The van der Waals surface area contributed by atoms with Gasteiger partial charge in [0.2, 0.25) is 0 Å². The molecule has 1 saturated heterocycles. The molecule has 0 saturated carbocycles. The van der Waals surface area contributed by atoms with E-state index in [9.17, 15) is 22.7 Å². The van der Waals surface area contributed by atoms with Gasteiger partial charge in [-0.15, -0.1) is 0 Å². The monoisotopic (exact) mass is 529 g/mol. The molecule has 1 aromatic heterocycles. The second kappa shape index (κ2) is 11.7. The number of fused-ring (bicyclic) bond motifs is 1. The summed E-state index contributed by atoms with van der Waals surface area (Å²) in [5.41, 5.74) is 6.10. The molecule has 0 bridgehead atoms. The number of aromatic amines is 1. The Balaban J connectivity index is 0.000000426. The maximum Gasteiger partial charge on any atom is 0.490 e. The van der Waals surface area contributed by atoms with Crippen molar-refractivity contribution in [2.45, 2.75) is 25.6 Å². The second-order valence-corrected chi connectivity index (χ2v) is 9.23. The maximum atomic E-state index is 13.4. The third kappa shape index (κ3) is 6.96. The van der Waals surface area contributed by atoms with Crippen molar-refractivity contribution >= 4 is 17.0 Å². The summed E-state index contributed by atoms with van der Waals surface area (Å²) in [7, 11) is 0. The van der Waals surface area contributed by atoms with E-state index in [1.165, 1.54) is 23.3 Å². The number of nitrogens with one attached hydrogen (secondary N) is 1. The van der Waals surface area contributed by atoms with Crippen LogP contribution in [0, 0.1) is 11.7 Å². The van der Waals surface area contributed by atoms with E-state index < -0.39 is 12.1 Å². The number of rotatable bonds is 5. The van der Waals surface area contributed by atoms with Crippen molar-refractivity contribution in [3.05, 3.63) is 78.1 Å². The lowest BCUT2D eigenvalue weighted by Gasteiger charge is -2.31. The SMILES string of the molecule is O=C(O)C(F)(F)F.OCC1CCN(Cc2cccc(-c3ccc(-c4nc5ccc(F)cc5[nH]4)cc3)c2)CC1. The Kier molecular flexibility index (Phi) is 8.43. The summed E-state index contributed by atoms with van der Waals surface area (Å²) < 4.78 is 45.2. The number of aliphatic carboxylic acids is 1. The minimum absolute atomic E-state index is 0.268. The summed E-state index contributed by atoms with van der Waals surface area (Å²) >= 11 is 0. The molecule has 3 N–H and O–H groups in total. The van der Waals surface area contributed by atoms with E-state index in [2.05, 4.69) is 63.4 Å². The van der Waals surface area contributed by atoms with E-state index in [-0.39, 0.29) is 5.82 Å². The van der Waals surface area contributed by atoms with Crippen LogP contribution in [0.4, 0.5) is 17.6 Å². The first-order valence-corrected chi connectivity index (χ1v) is 12.1. The Bertz CT molecular complexity index is 1380.